The lowest BCUT2D eigenvalue weighted by Gasteiger charge is -2.25. The molecule has 1 aliphatic rings. The summed E-state index contributed by atoms with van der Waals surface area (Å²) in [5, 5.41) is 2.69. The van der Waals surface area contributed by atoms with Gasteiger partial charge in [-0.3, -0.25) is 4.79 Å². The van der Waals surface area contributed by atoms with Crippen LogP contribution >= 0.6 is 11.8 Å². The molecule has 0 fully saturated rings. The van der Waals surface area contributed by atoms with Crippen molar-refractivity contribution in [2.75, 3.05) is 5.75 Å². The summed E-state index contributed by atoms with van der Waals surface area (Å²) in [4.78, 5) is 16.7. The first-order valence-electron chi connectivity index (χ1n) is 8.48. The van der Waals surface area contributed by atoms with E-state index in [1.165, 1.54) is 11.8 Å². The lowest BCUT2D eigenvalue weighted by atomic mass is 9.92. The van der Waals surface area contributed by atoms with E-state index < -0.39 is 0 Å². The van der Waals surface area contributed by atoms with Gasteiger partial charge in [0.2, 0.25) is 0 Å². The zero-order valence-electron chi connectivity index (χ0n) is 13.8. The number of carbonyl (C=O) groups is 1. The minimum absolute atomic E-state index is 0.0795. The summed E-state index contributed by atoms with van der Waals surface area (Å²) in [7, 11) is 0. The summed E-state index contributed by atoms with van der Waals surface area (Å²) in [5.74, 6) is 1.31. The van der Waals surface area contributed by atoms with Gasteiger partial charge in [0.1, 0.15) is 11.3 Å². The van der Waals surface area contributed by atoms with Gasteiger partial charge in [0, 0.05) is 22.6 Å². The van der Waals surface area contributed by atoms with Crippen LogP contribution in [0.15, 0.2) is 70.3 Å². The Morgan fingerprint density at radius 1 is 1.04 bits per heavy atom. The van der Waals surface area contributed by atoms with Crippen molar-refractivity contribution in [2.24, 2.45) is 0 Å². The summed E-state index contributed by atoms with van der Waals surface area (Å²) in [5.41, 5.74) is 2.71. The van der Waals surface area contributed by atoms with Gasteiger partial charge in [-0.15, -0.1) is 0 Å². The average Bonchev–Trinajstić information content (AvgIpc) is 3.09. The van der Waals surface area contributed by atoms with E-state index in [2.05, 4.69) is 17.1 Å². The number of benzene rings is 3. The monoisotopic (exact) mass is 361 g/mol. The van der Waals surface area contributed by atoms with Crippen LogP contribution in [0.2, 0.25) is 0 Å². The van der Waals surface area contributed by atoms with Crippen LogP contribution in [0.5, 0.6) is 5.75 Å². The molecule has 4 aromatic rings. The Balaban J connectivity index is 1.46. The molecule has 4 nitrogen and oxygen atoms in total. The van der Waals surface area contributed by atoms with E-state index in [0.29, 0.717) is 23.1 Å². The Bertz CT molecular complexity index is 1100. The van der Waals surface area contributed by atoms with E-state index in [1.54, 1.807) is 0 Å². The van der Waals surface area contributed by atoms with Gasteiger partial charge in [-0.2, -0.15) is 0 Å². The van der Waals surface area contributed by atoms with E-state index in [-0.39, 0.29) is 11.9 Å². The highest BCUT2D eigenvalue weighted by Gasteiger charge is 2.29. The first kappa shape index (κ1) is 15.5. The number of thioether (sulfide) groups is 1. The number of carbonyl (C=O) groups excluding carboxylic acids is 1. The van der Waals surface area contributed by atoms with E-state index in [0.717, 1.165) is 27.4 Å². The molecular formula is C21H15NO3S. The SMILES string of the molecule is O=C1CC(CSc2nc3ccccc3o2)c2ccc3ccccc3c2O1. The van der Waals surface area contributed by atoms with Crippen molar-refractivity contribution in [2.45, 2.75) is 17.6 Å². The van der Waals surface area contributed by atoms with Gasteiger partial charge in [0.05, 0.1) is 6.42 Å². The van der Waals surface area contributed by atoms with Crippen molar-refractivity contribution in [3.63, 3.8) is 0 Å². The van der Waals surface area contributed by atoms with E-state index in [4.69, 9.17) is 9.15 Å². The molecule has 0 spiro atoms. The van der Waals surface area contributed by atoms with Gasteiger partial charge < -0.3 is 9.15 Å². The standard InChI is InChI=1S/C21H15NO3S/c23-19-11-14(12-26-21-22-17-7-3-4-8-18(17)24-21)16-10-9-13-5-1-2-6-15(13)20(16)25-19/h1-10,14H,11-12H2. The van der Waals surface area contributed by atoms with Crippen LogP contribution < -0.4 is 4.74 Å². The maximum atomic E-state index is 12.2. The molecular weight excluding hydrogens is 346 g/mol. The maximum absolute atomic E-state index is 12.2. The van der Waals surface area contributed by atoms with Crippen LogP contribution in [-0.4, -0.2) is 16.7 Å². The predicted molar refractivity (Wildman–Crippen MR) is 102 cm³/mol. The van der Waals surface area contributed by atoms with Crippen LogP contribution in [0.4, 0.5) is 0 Å². The van der Waals surface area contributed by atoms with Crippen LogP contribution in [0.3, 0.4) is 0 Å². The smallest absolute Gasteiger partial charge is 0.311 e. The molecule has 0 N–H and O–H groups in total. The Labute approximate surface area is 154 Å². The molecule has 0 aliphatic carbocycles. The van der Waals surface area contributed by atoms with Crippen LogP contribution in [0.1, 0.15) is 17.9 Å². The predicted octanol–water partition coefficient (Wildman–Crippen LogP) is 5.17. The highest BCUT2D eigenvalue weighted by atomic mass is 32.2. The molecule has 5 heteroatoms. The van der Waals surface area contributed by atoms with Crippen molar-refractivity contribution in [1.29, 1.82) is 0 Å². The third-order valence-electron chi connectivity index (χ3n) is 4.66. The Hall–Kier alpha value is -2.79. The average molecular weight is 361 g/mol. The van der Waals surface area contributed by atoms with Crippen LogP contribution in [0.25, 0.3) is 21.9 Å². The first-order chi connectivity index (χ1) is 12.8. The molecule has 3 aromatic carbocycles. The number of fused-ring (bicyclic) bond motifs is 4. The van der Waals surface area contributed by atoms with E-state index in [9.17, 15) is 4.79 Å². The molecule has 5 rings (SSSR count). The van der Waals surface area contributed by atoms with Gasteiger partial charge in [0.25, 0.3) is 5.22 Å². The van der Waals surface area contributed by atoms with Gasteiger partial charge in [-0.05, 0) is 17.5 Å². The zero-order valence-corrected chi connectivity index (χ0v) is 14.7. The van der Waals surface area contributed by atoms with E-state index in [1.807, 2.05) is 48.5 Å². The number of hydrogen-bond acceptors (Lipinski definition) is 5. The number of oxazole rings is 1. The molecule has 26 heavy (non-hydrogen) atoms. The summed E-state index contributed by atoms with van der Waals surface area (Å²) in [6, 6.07) is 19.9. The van der Waals surface area contributed by atoms with Gasteiger partial charge in [0.15, 0.2) is 5.58 Å². The molecule has 0 amide bonds. The molecule has 1 aromatic heterocycles. The van der Waals surface area contributed by atoms with Crippen molar-refractivity contribution in [3.8, 4) is 5.75 Å². The van der Waals surface area contributed by atoms with Gasteiger partial charge >= 0.3 is 5.97 Å². The third kappa shape index (κ3) is 2.65. The second kappa shape index (κ2) is 6.18. The number of aromatic nitrogens is 1. The summed E-state index contributed by atoms with van der Waals surface area (Å²) >= 11 is 1.54. The van der Waals surface area contributed by atoms with Crippen molar-refractivity contribution in [1.82, 2.24) is 4.98 Å². The minimum Gasteiger partial charge on any atom is -0.431 e. The largest absolute Gasteiger partial charge is 0.431 e. The van der Waals surface area contributed by atoms with Crippen LogP contribution in [-0.2, 0) is 4.79 Å². The molecule has 1 atom stereocenters. The fourth-order valence-electron chi connectivity index (χ4n) is 3.40. The lowest BCUT2D eigenvalue weighted by molar-refractivity contribution is -0.135. The number of rotatable bonds is 3. The molecule has 0 saturated heterocycles. The second-order valence-corrected chi connectivity index (χ2v) is 7.31. The summed E-state index contributed by atoms with van der Waals surface area (Å²) in [6.07, 6.45) is 0.374. The number of nitrogens with zero attached hydrogens (tertiary/aromatic N) is 1. The quantitative estimate of drug-likeness (QED) is 0.286. The summed E-state index contributed by atoms with van der Waals surface area (Å²) in [6.45, 7) is 0. The summed E-state index contributed by atoms with van der Waals surface area (Å²) < 4.78 is 11.4. The fraction of sp³-hybridized carbons (Fsp3) is 0.143. The number of para-hydroxylation sites is 2. The zero-order chi connectivity index (χ0) is 17.5. The van der Waals surface area contributed by atoms with Crippen molar-refractivity contribution >= 4 is 39.6 Å². The fourth-order valence-corrected chi connectivity index (χ4v) is 4.35. The normalized spacial score (nSPS) is 16.6. The molecule has 0 bridgehead atoms. The molecule has 1 unspecified atom stereocenters. The lowest BCUT2D eigenvalue weighted by Crippen LogP contribution is -2.21. The second-order valence-electron chi connectivity index (χ2n) is 6.34. The Morgan fingerprint density at radius 2 is 1.88 bits per heavy atom. The number of ether oxygens (including phenoxy) is 1. The molecule has 2 heterocycles. The number of hydrogen-bond donors (Lipinski definition) is 0. The molecule has 128 valence electrons. The van der Waals surface area contributed by atoms with E-state index >= 15 is 0 Å². The number of esters is 1. The molecule has 1 aliphatic heterocycles. The molecule has 0 saturated carbocycles. The topological polar surface area (TPSA) is 52.3 Å². The molecule has 0 radical (unpaired) electrons. The first-order valence-corrected chi connectivity index (χ1v) is 9.47. The van der Waals surface area contributed by atoms with Crippen molar-refractivity contribution in [3.05, 3.63) is 66.2 Å². The minimum atomic E-state index is -0.183. The van der Waals surface area contributed by atoms with Crippen LogP contribution in [0, 0.1) is 0 Å². The third-order valence-corrected chi connectivity index (χ3v) is 5.65. The Morgan fingerprint density at radius 3 is 2.81 bits per heavy atom. The van der Waals surface area contributed by atoms with Crippen molar-refractivity contribution < 1.29 is 13.9 Å². The Kier molecular flexibility index (Phi) is 3.68. The highest BCUT2D eigenvalue weighted by molar-refractivity contribution is 7.99. The van der Waals surface area contributed by atoms with Gasteiger partial charge in [-0.1, -0.05) is 60.3 Å². The maximum Gasteiger partial charge on any atom is 0.311 e. The van der Waals surface area contributed by atoms with Gasteiger partial charge in [-0.25, -0.2) is 4.98 Å². The highest BCUT2D eigenvalue weighted by Crippen LogP contribution is 2.41.